The van der Waals surface area contributed by atoms with Crippen LogP contribution in [0.25, 0.3) is 6.08 Å². The number of piperidine rings is 1. The molecule has 156 valence electrons. The van der Waals surface area contributed by atoms with Gasteiger partial charge in [0, 0.05) is 34.8 Å². The molecule has 1 saturated heterocycles. The van der Waals surface area contributed by atoms with Gasteiger partial charge in [-0.2, -0.15) is 13.2 Å². The fraction of sp³-hybridized carbons (Fsp3) is 0.273. The number of fused-ring (bicyclic) bond motifs is 2. The van der Waals surface area contributed by atoms with E-state index in [0.717, 1.165) is 16.1 Å². The Morgan fingerprint density at radius 3 is 2.50 bits per heavy atom. The van der Waals surface area contributed by atoms with Crippen molar-refractivity contribution in [1.29, 1.82) is 0 Å². The van der Waals surface area contributed by atoms with E-state index in [4.69, 9.17) is 0 Å². The summed E-state index contributed by atoms with van der Waals surface area (Å²) < 4.78 is 40.2. The summed E-state index contributed by atoms with van der Waals surface area (Å²) in [5.74, 6) is -0.478. The fourth-order valence-electron chi connectivity index (χ4n) is 4.20. The Hall–Kier alpha value is -2.61. The van der Waals surface area contributed by atoms with Crippen molar-refractivity contribution in [3.8, 4) is 0 Å². The molecule has 0 aromatic heterocycles. The van der Waals surface area contributed by atoms with Crippen molar-refractivity contribution in [1.82, 2.24) is 10.2 Å². The zero-order chi connectivity index (χ0) is 21.5. The Kier molecular flexibility index (Phi) is 5.22. The summed E-state index contributed by atoms with van der Waals surface area (Å²) in [4.78, 5) is 26.5. The molecule has 2 amide bonds. The van der Waals surface area contributed by atoms with Crippen LogP contribution >= 0.6 is 15.9 Å². The van der Waals surface area contributed by atoms with Gasteiger partial charge in [-0.05, 0) is 42.7 Å². The first-order chi connectivity index (χ1) is 14.2. The van der Waals surface area contributed by atoms with Crippen LogP contribution in [-0.2, 0) is 16.5 Å². The molecule has 4 rings (SSSR count). The molecule has 8 heteroatoms. The minimum Gasteiger partial charge on any atom is -0.342 e. The van der Waals surface area contributed by atoms with E-state index in [1.807, 2.05) is 12.1 Å². The molecule has 0 aliphatic carbocycles. The third-order valence-electron chi connectivity index (χ3n) is 5.69. The number of halogens is 4. The number of alkyl halides is 3. The summed E-state index contributed by atoms with van der Waals surface area (Å²) in [6, 6.07) is 10.6. The summed E-state index contributed by atoms with van der Waals surface area (Å²) in [7, 11) is 0. The van der Waals surface area contributed by atoms with E-state index < -0.39 is 17.3 Å². The molecule has 0 atom stereocenters. The standard InChI is InChI=1S/C22H18BrF3N2O2/c23-17-7-3-5-15-19(17)21(27-20(15)30)10-12-28(13-11-21)18(29)9-8-14-4-1-2-6-16(14)22(24,25)26/h1-9H,10-13H2,(H,27,30). The molecule has 1 N–H and O–H groups in total. The van der Waals surface area contributed by atoms with Crippen molar-refractivity contribution in [3.05, 3.63) is 75.3 Å². The summed E-state index contributed by atoms with van der Waals surface area (Å²) in [5, 5.41) is 3.07. The van der Waals surface area contributed by atoms with E-state index in [1.165, 1.54) is 30.4 Å². The van der Waals surface area contributed by atoms with E-state index in [9.17, 15) is 22.8 Å². The molecule has 0 bridgehead atoms. The van der Waals surface area contributed by atoms with Gasteiger partial charge >= 0.3 is 6.18 Å². The number of hydrogen-bond acceptors (Lipinski definition) is 2. The lowest BCUT2D eigenvalue weighted by molar-refractivity contribution is -0.137. The van der Waals surface area contributed by atoms with Crippen LogP contribution in [-0.4, -0.2) is 29.8 Å². The number of nitrogens with one attached hydrogen (secondary N) is 1. The maximum absolute atomic E-state index is 13.1. The van der Waals surface area contributed by atoms with Crippen molar-refractivity contribution in [2.45, 2.75) is 24.6 Å². The molecule has 4 nitrogen and oxygen atoms in total. The second kappa shape index (κ2) is 7.58. The number of carbonyl (C=O) groups excluding carboxylic acids is 2. The zero-order valence-electron chi connectivity index (χ0n) is 15.8. The third kappa shape index (κ3) is 3.64. The maximum atomic E-state index is 13.1. The lowest BCUT2D eigenvalue weighted by Crippen LogP contribution is -2.50. The highest BCUT2D eigenvalue weighted by Crippen LogP contribution is 2.43. The average Bonchev–Trinajstić information content (AvgIpc) is 2.99. The largest absolute Gasteiger partial charge is 0.416 e. The van der Waals surface area contributed by atoms with Crippen molar-refractivity contribution in [3.63, 3.8) is 0 Å². The van der Waals surface area contributed by atoms with Crippen molar-refractivity contribution < 1.29 is 22.8 Å². The molecule has 1 fully saturated rings. The number of carbonyl (C=O) groups is 2. The van der Waals surface area contributed by atoms with Gasteiger partial charge in [-0.15, -0.1) is 0 Å². The third-order valence-corrected chi connectivity index (χ3v) is 6.35. The topological polar surface area (TPSA) is 49.4 Å². The number of hydrogen-bond donors (Lipinski definition) is 1. The number of rotatable bonds is 2. The lowest BCUT2D eigenvalue weighted by atomic mass is 9.82. The Morgan fingerprint density at radius 2 is 1.80 bits per heavy atom. The number of amides is 2. The van der Waals surface area contributed by atoms with Gasteiger partial charge in [0.1, 0.15) is 0 Å². The average molecular weight is 479 g/mol. The molecule has 2 aromatic rings. The molecule has 2 heterocycles. The summed E-state index contributed by atoms with van der Waals surface area (Å²) in [5.41, 5.74) is 0.190. The molecule has 0 saturated carbocycles. The van der Waals surface area contributed by atoms with Gasteiger partial charge < -0.3 is 10.2 Å². The van der Waals surface area contributed by atoms with Gasteiger partial charge in [-0.1, -0.05) is 40.2 Å². The minimum absolute atomic E-state index is 0.0484. The fourth-order valence-corrected chi connectivity index (χ4v) is 4.94. The number of nitrogens with zero attached hydrogens (tertiary/aromatic N) is 1. The normalized spacial score (nSPS) is 18.0. The minimum atomic E-state index is -4.48. The van der Waals surface area contributed by atoms with E-state index in [0.29, 0.717) is 31.5 Å². The zero-order valence-corrected chi connectivity index (χ0v) is 17.4. The van der Waals surface area contributed by atoms with Gasteiger partial charge in [0.25, 0.3) is 5.91 Å². The molecular formula is C22H18BrF3N2O2. The van der Waals surface area contributed by atoms with E-state index in [-0.39, 0.29) is 17.4 Å². The second-order valence-corrected chi connectivity index (χ2v) is 8.30. The van der Waals surface area contributed by atoms with Crippen LogP contribution in [0.15, 0.2) is 53.0 Å². The molecule has 2 aliphatic rings. The van der Waals surface area contributed by atoms with Crippen LogP contribution in [0.4, 0.5) is 13.2 Å². The quantitative estimate of drug-likeness (QED) is 0.633. The van der Waals surface area contributed by atoms with Gasteiger partial charge in [-0.25, -0.2) is 0 Å². The Balaban J connectivity index is 1.48. The predicted molar refractivity (Wildman–Crippen MR) is 110 cm³/mol. The monoisotopic (exact) mass is 478 g/mol. The first-order valence-electron chi connectivity index (χ1n) is 9.46. The predicted octanol–water partition coefficient (Wildman–Crippen LogP) is 4.74. The summed E-state index contributed by atoms with van der Waals surface area (Å²) in [6.45, 7) is 0.788. The van der Waals surface area contributed by atoms with Gasteiger partial charge in [0.05, 0.1) is 11.1 Å². The highest BCUT2D eigenvalue weighted by molar-refractivity contribution is 9.10. The van der Waals surface area contributed by atoms with Crippen LogP contribution < -0.4 is 5.32 Å². The second-order valence-electron chi connectivity index (χ2n) is 7.44. The molecule has 30 heavy (non-hydrogen) atoms. The molecular weight excluding hydrogens is 461 g/mol. The van der Waals surface area contributed by atoms with Crippen molar-refractivity contribution in [2.75, 3.05) is 13.1 Å². The SMILES string of the molecule is O=C1NC2(CCN(C(=O)C=Cc3ccccc3C(F)(F)F)CC2)c2c(Br)cccc21. The first kappa shape index (κ1) is 20.7. The molecule has 2 aliphatic heterocycles. The summed E-state index contributed by atoms with van der Waals surface area (Å²) in [6.07, 6.45) is -1.03. The highest BCUT2D eigenvalue weighted by atomic mass is 79.9. The maximum Gasteiger partial charge on any atom is 0.416 e. The van der Waals surface area contributed by atoms with Crippen LogP contribution in [0.3, 0.4) is 0 Å². The number of benzene rings is 2. The van der Waals surface area contributed by atoms with Crippen LogP contribution in [0.2, 0.25) is 0 Å². The smallest absolute Gasteiger partial charge is 0.342 e. The lowest BCUT2D eigenvalue weighted by Gasteiger charge is -2.40. The van der Waals surface area contributed by atoms with Crippen molar-refractivity contribution >= 4 is 33.8 Å². The van der Waals surface area contributed by atoms with Crippen LogP contribution in [0.5, 0.6) is 0 Å². The molecule has 2 aromatic carbocycles. The Labute approximate surface area is 179 Å². The first-order valence-corrected chi connectivity index (χ1v) is 10.3. The molecule has 0 unspecified atom stereocenters. The van der Waals surface area contributed by atoms with Gasteiger partial charge in [0.15, 0.2) is 0 Å². The van der Waals surface area contributed by atoms with Crippen molar-refractivity contribution in [2.24, 2.45) is 0 Å². The van der Waals surface area contributed by atoms with Gasteiger partial charge in [0.2, 0.25) is 5.91 Å². The highest BCUT2D eigenvalue weighted by Gasteiger charge is 2.46. The Bertz CT molecular complexity index is 1040. The van der Waals surface area contributed by atoms with E-state index >= 15 is 0 Å². The van der Waals surface area contributed by atoms with Crippen LogP contribution in [0, 0.1) is 0 Å². The summed E-state index contributed by atoms with van der Waals surface area (Å²) >= 11 is 3.53. The van der Waals surface area contributed by atoms with Gasteiger partial charge in [-0.3, -0.25) is 9.59 Å². The van der Waals surface area contributed by atoms with E-state index in [2.05, 4.69) is 21.2 Å². The van der Waals surface area contributed by atoms with Crippen LogP contribution in [0.1, 0.15) is 39.9 Å². The Morgan fingerprint density at radius 1 is 1.10 bits per heavy atom. The molecule has 0 radical (unpaired) electrons. The van der Waals surface area contributed by atoms with E-state index in [1.54, 1.807) is 11.0 Å². The number of likely N-dealkylation sites (tertiary alicyclic amines) is 1. The molecule has 1 spiro atoms.